The Hall–Kier alpha value is -0.380. The van der Waals surface area contributed by atoms with Crippen LogP contribution in [0.4, 0.5) is 0 Å². The summed E-state index contributed by atoms with van der Waals surface area (Å²) in [7, 11) is 2.27. The van der Waals surface area contributed by atoms with Gasteiger partial charge in [-0.2, -0.15) is 11.3 Å². The van der Waals surface area contributed by atoms with E-state index in [1.54, 1.807) is 11.3 Å². The second kappa shape index (κ2) is 6.59. The number of hydrogen-bond acceptors (Lipinski definition) is 3. The average Bonchev–Trinajstić information content (AvgIpc) is 2.98. The Morgan fingerprint density at radius 2 is 2.00 bits per heavy atom. The Morgan fingerprint density at radius 3 is 2.55 bits per heavy atom. The molecule has 1 aliphatic rings. The van der Waals surface area contributed by atoms with E-state index in [1.165, 1.54) is 37.8 Å². The smallest absolute Gasteiger partial charge is 0.0239 e. The van der Waals surface area contributed by atoms with Gasteiger partial charge in [-0.05, 0) is 68.5 Å². The second-order valence-electron chi connectivity index (χ2n) is 7.61. The third-order valence-corrected chi connectivity index (χ3v) is 5.03. The fourth-order valence-electron chi connectivity index (χ4n) is 3.29. The van der Waals surface area contributed by atoms with Crippen molar-refractivity contribution in [3.8, 4) is 0 Å². The van der Waals surface area contributed by atoms with Crippen LogP contribution in [0.5, 0.6) is 0 Å². The van der Waals surface area contributed by atoms with E-state index in [4.69, 9.17) is 0 Å². The first kappa shape index (κ1) is 16.0. The zero-order valence-electron chi connectivity index (χ0n) is 13.5. The summed E-state index contributed by atoms with van der Waals surface area (Å²) in [6.07, 6.45) is 5.56. The highest BCUT2D eigenvalue weighted by Gasteiger charge is 2.35. The minimum atomic E-state index is 0.224. The van der Waals surface area contributed by atoms with Crippen LogP contribution >= 0.6 is 11.3 Å². The van der Waals surface area contributed by atoms with Crippen molar-refractivity contribution in [2.24, 2.45) is 5.41 Å². The molecule has 2 rings (SSSR count). The molecule has 2 nitrogen and oxygen atoms in total. The summed E-state index contributed by atoms with van der Waals surface area (Å²) < 4.78 is 0. The first-order valence-electron chi connectivity index (χ1n) is 7.83. The number of thiophene rings is 1. The second-order valence-corrected chi connectivity index (χ2v) is 8.39. The Kier molecular flexibility index (Phi) is 5.27. The Morgan fingerprint density at radius 1 is 1.30 bits per heavy atom. The van der Waals surface area contributed by atoms with E-state index in [0.717, 1.165) is 13.1 Å². The van der Waals surface area contributed by atoms with Crippen LogP contribution in [0.3, 0.4) is 0 Å². The van der Waals surface area contributed by atoms with Crippen molar-refractivity contribution in [1.29, 1.82) is 0 Å². The molecule has 0 unspecified atom stereocenters. The van der Waals surface area contributed by atoms with Crippen LogP contribution < -0.4 is 5.32 Å². The van der Waals surface area contributed by atoms with Gasteiger partial charge in [0.15, 0.2) is 0 Å². The zero-order valence-corrected chi connectivity index (χ0v) is 14.4. The maximum Gasteiger partial charge on any atom is 0.0239 e. The third kappa shape index (κ3) is 4.87. The highest BCUT2D eigenvalue weighted by molar-refractivity contribution is 7.07. The Bertz CT molecular complexity index is 386. The molecule has 1 heterocycles. The molecule has 1 N–H and O–H groups in total. The molecule has 20 heavy (non-hydrogen) atoms. The monoisotopic (exact) mass is 294 g/mol. The molecular formula is C17H30N2S. The van der Waals surface area contributed by atoms with E-state index in [0.29, 0.717) is 5.41 Å². The van der Waals surface area contributed by atoms with Gasteiger partial charge in [0.1, 0.15) is 0 Å². The molecule has 1 aliphatic carbocycles. The number of hydrogen-bond donors (Lipinski definition) is 1. The van der Waals surface area contributed by atoms with Crippen molar-refractivity contribution >= 4 is 11.3 Å². The predicted octanol–water partition coefficient (Wildman–Crippen LogP) is 4.13. The van der Waals surface area contributed by atoms with E-state index in [9.17, 15) is 0 Å². The number of nitrogens with one attached hydrogen (secondary N) is 1. The Labute approximate surface area is 128 Å². The molecule has 0 atom stereocenters. The van der Waals surface area contributed by atoms with Crippen LogP contribution in [0.1, 0.15) is 52.0 Å². The normalized spacial score (nSPS) is 18.9. The summed E-state index contributed by atoms with van der Waals surface area (Å²) in [5.74, 6) is 0. The molecule has 1 fully saturated rings. The van der Waals surface area contributed by atoms with Crippen molar-refractivity contribution < 1.29 is 0 Å². The Balaban J connectivity index is 1.91. The van der Waals surface area contributed by atoms with Crippen LogP contribution in [0, 0.1) is 5.41 Å². The molecule has 3 heteroatoms. The van der Waals surface area contributed by atoms with Gasteiger partial charge in [0, 0.05) is 25.2 Å². The lowest BCUT2D eigenvalue weighted by molar-refractivity contribution is 0.156. The van der Waals surface area contributed by atoms with E-state index in [2.05, 4.69) is 54.9 Å². The summed E-state index contributed by atoms with van der Waals surface area (Å²) in [6.45, 7) is 10.3. The summed E-state index contributed by atoms with van der Waals surface area (Å²) in [6, 6.07) is 2.25. The zero-order chi connectivity index (χ0) is 14.6. The standard InChI is InChI=1S/C17H30N2S/c1-16(2,3)18-13-17(8-5-6-9-17)14-19(4)11-15-7-10-20-12-15/h7,10,12,18H,5-6,8-9,11,13-14H2,1-4H3. The largest absolute Gasteiger partial charge is 0.311 e. The van der Waals surface area contributed by atoms with Crippen molar-refractivity contribution in [1.82, 2.24) is 10.2 Å². The minimum Gasteiger partial charge on any atom is -0.311 e. The summed E-state index contributed by atoms with van der Waals surface area (Å²) in [5, 5.41) is 8.19. The van der Waals surface area contributed by atoms with Crippen LogP contribution in [0.2, 0.25) is 0 Å². The molecule has 1 saturated carbocycles. The summed E-state index contributed by atoms with van der Waals surface area (Å²) in [5.41, 5.74) is 2.16. The first-order valence-corrected chi connectivity index (χ1v) is 8.78. The highest BCUT2D eigenvalue weighted by atomic mass is 32.1. The van der Waals surface area contributed by atoms with Gasteiger partial charge >= 0.3 is 0 Å². The lowest BCUT2D eigenvalue weighted by atomic mass is 9.84. The van der Waals surface area contributed by atoms with E-state index in [1.807, 2.05) is 0 Å². The molecule has 0 saturated heterocycles. The van der Waals surface area contributed by atoms with Crippen LogP contribution in [0.15, 0.2) is 16.8 Å². The maximum absolute atomic E-state index is 3.74. The predicted molar refractivity (Wildman–Crippen MR) is 89.3 cm³/mol. The van der Waals surface area contributed by atoms with Crippen molar-refractivity contribution in [3.05, 3.63) is 22.4 Å². The molecule has 0 aliphatic heterocycles. The van der Waals surface area contributed by atoms with E-state index < -0.39 is 0 Å². The van der Waals surface area contributed by atoms with Crippen LogP contribution in [0.25, 0.3) is 0 Å². The lowest BCUT2D eigenvalue weighted by Gasteiger charge is -2.36. The van der Waals surface area contributed by atoms with E-state index >= 15 is 0 Å². The van der Waals surface area contributed by atoms with Gasteiger partial charge in [-0.25, -0.2) is 0 Å². The quantitative estimate of drug-likeness (QED) is 0.848. The van der Waals surface area contributed by atoms with Gasteiger partial charge in [0.2, 0.25) is 0 Å². The first-order chi connectivity index (χ1) is 9.39. The molecule has 0 radical (unpaired) electrons. The SMILES string of the molecule is CN(Cc1ccsc1)CC1(CNC(C)(C)C)CCCC1. The summed E-state index contributed by atoms with van der Waals surface area (Å²) >= 11 is 1.80. The van der Waals surface area contributed by atoms with Crippen LogP contribution in [-0.2, 0) is 6.54 Å². The number of rotatable bonds is 6. The fourth-order valence-corrected chi connectivity index (χ4v) is 3.95. The third-order valence-electron chi connectivity index (χ3n) is 4.30. The van der Waals surface area contributed by atoms with Gasteiger partial charge in [-0.1, -0.05) is 12.8 Å². The molecule has 0 aromatic carbocycles. The van der Waals surface area contributed by atoms with Crippen LogP contribution in [-0.4, -0.2) is 30.6 Å². The molecule has 0 spiro atoms. The molecule has 1 aromatic rings. The van der Waals surface area contributed by atoms with Crippen molar-refractivity contribution in [2.75, 3.05) is 20.1 Å². The molecule has 0 bridgehead atoms. The molecule has 0 amide bonds. The van der Waals surface area contributed by atoms with Gasteiger partial charge in [0.25, 0.3) is 0 Å². The molecule has 114 valence electrons. The van der Waals surface area contributed by atoms with Crippen molar-refractivity contribution in [3.63, 3.8) is 0 Å². The summed E-state index contributed by atoms with van der Waals surface area (Å²) in [4.78, 5) is 2.51. The van der Waals surface area contributed by atoms with Crippen molar-refractivity contribution in [2.45, 2.75) is 58.5 Å². The number of nitrogens with zero attached hydrogens (tertiary/aromatic N) is 1. The van der Waals surface area contributed by atoms with E-state index in [-0.39, 0.29) is 5.54 Å². The lowest BCUT2D eigenvalue weighted by Crippen LogP contribution is -2.47. The maximum atomic E-state index is 3.74. The average molecular weight is 295 g/mol. The highest BCUT2D eigenvalue weighted by Crippen LogP contribution is 2.38. The van der Waals surface area contributed by atoms with Gasteiger partial charge < -0.3 is 10.2 Å². The van der Waals surface area contributed by atoms with Gasteiger partial charge in [-0.15, -0.1) is 0 Å². The molecular weight excluding hydrogens is 264 g/mol. The topological polar surface area (TPSA) is 15.3 Å². The fraction of sp³-hybridized carbons (Fsp3) is 0.765. The minimum absolute atomic E-state index is 0.224. The van der Waals surface area contributed by atoms with Gasteiger partial charge in [0.05, 0.1) is 0 Å². The molecule has 1 aromatic heterocycles. The van der Waals surface area contributed by atoms with Gasteiger partial charge in [-0.3, -0.25) is 0 Å².